The van der Waals surface area contributed by atoms with Gasteiger partial charge in [0.2, 0.25) is 0 Å². The van der Waals surface area contributed by atoms with Crippen molar-refractivity contribution in [2.75, 3.05) is 5.73 Å². The van der Waals surface area contributed by atoms with Crippen molar-refractivity contribution in [3.63, 3.8) is 0 Å². The van der Waals surface area contributed by atoms with Gasteiger partial charge in [-0.2, -0.15) is 0 Å². The maximum Gasteiger partial charge on any atom is 0.573 e. The largest absolute Gasteiger partial charge is 0.573 e. The lowest BCUT2D eigenvalue weighted by molar-refractivity contribution is -0.274. The fourth-order valence-corrected chi connectivity index (χ4v) is 2.80. The second kappa shape index (κ2) is 6.13. The normalized spacial score (nSPS) is 12.9. The Hall–Kier alpha value is -2.09. The molecule has 2 rings (SSSR count). The summed E-state index contributed by atoms with van der Waals surface area (Å²) in [5.41, 5.74) is 6.59. The van der Waals surface area contributed by atoms with Crippen LogP contribution in [0.25, 0.3) is 0 Å². The molecule has 0 aliphatic carbocycles. The molecule has 8 heteroatoms. The summed E-state index contributed by atoms with van der Waals surface area (Å²) >= 11 is 0. The maximum atomic E-state index is 12.1. The van der Waals surface area contributed by atoms with Crippen LogP contribution in [0.15, 0.2) is 47.6 Å². The molecular weight excluding hydrogens is 305 g/mol. The predicted octanol–water partition coefficient (Wildman–Crippen LogP) is 2.87. The van der Waals surface area contributed by atoms with Gasteiger partial charge in [0.1, 0.15) is 5.75 Å². The van der Waals surface area contributed by atoms with E-state index in [2.05, 4.69) is 9.72 Å². The van der Waals surface area contributed by atoms with Gasteiger partial charge in [-0.15, -0.1) is 13.2 Å². The second-order valence-electron chi connectivity index (χ2n) is 4.10. The lowest BCUT2D eigenvalue weighted by Crippen LogP contribution is -2.17. The molecule has 0 amide bonds. The summed E-state index contributed by atoms with van der Waals surface area (Å²) in [6, 6.07) is 6.76. The number of benzene rings is 1. The van der Waals surface area contributed by atoms with E-state index in [4.69, 9.17) is 5.73 Å². The smallest absolute Gasteiger partial charge is 0.406 e. The van der Waals surface area contributed by atoms with Crippen molar-refractivity contribution in [2.24, 2.45) is 0 Å². The van der Waals surface area contributed by atoms with Crippen molar-refractivity contribution >= 4 is 16.5 Å². The Labute approximate surface area is 121 Å². The average molecular weight is 316 g/mol. The van der Waals surface area contributed by atoms with Crippen LogP contribution in [0.1, 0.15) is 5.56 Å². The summed E-state index contributed by atoms with van der Waals surface area (Å²) in [6.07, 6.45) is -1.85. The third kappa shape index (κ3) is 4.45. The number of rotatable bonds is 4. The van der Waals surface area contributed by atoms with Crippen LogP contribution in [0, 0.1) is 0 Å². The highest BCUT2D eigenvalue weighted by atomic mass is 32.2. The Morgan fingerprint density at radius 1 is 1.19 bits per heavy atom. The van der Waals surface area contributed by atoms with Gasteiger partial charge in [0.05, 0.1) is 33.3 Å². The Morgan fingerprint density at radius 3 is 2.43 bits per heavy atom. The molecule has 2 aromatic rings. The first-order valence-electron chi connectivity index (χ1n) is 5.78. The van der Waals surface area contributed by atoms with Crippen molar-refractivity contribution in [3.8, 4) is 5.75 Å². The van der Waals surface area contributed by atoms with E-state index in [0.717, 1.165) is 0 Å². The average Bonchev–Trinajstić information content (AvgIpc) is 2.40. The third-order valence-corrected chi connectivity index (χ3v) is 3.97. The molecule has 0 saturated carbocycles. The summed E-state index contributed by atoms with van der Waals surface area (Å²) in [5, 5.41) is 0. The van der Waals surface area contributed by atoms with Gasteiger partial charge in [-0.3, -0.25) is 9.19 Å². The molecule has 1 unspecified atom stereocenters. The summed E-state index contributed by atoms with van der Waals surface area (Å²) in [7, 11) is -1.40. The zero-order valence-corrected chi connectivity index (χ0v) is 11.4. The van der Waals surface area contributed by atoms with Gasteiger partial charge in [-0.1, -0.05) is 12.1 Å². The highest BCUT2D eigenvalue weighted by Crippen LogP contribution is 2.24. The number of halogens is 3. The van der Waals surface area contributed by atoms with E-state index in [0.29, 0.717) is 16.1 Å². The standard InChI is InChI=1S/C13H11F3N2O2S/c14-13(15,16)20-10-3-1-9(2-4-10)8-21(19)12-5-6-18-7-11(12)17/h1-7H,8,17H2. The summed E-state index contributed by atoms with van der Waals surface area (Å²) in [5.74, 6) is -0.180. The van der Waals surface area contributed by atoms with Gasteiger partial charge in [-0.25, -0.2) is 0 Å². The van der Waals surface area contributed by atoms with Crippen LogP contribution in [0.3, 0.4) is 0 Å². The molecule has 4 nitrogen and oxygen atoms in total. The van der Waals surface area contributed by atoms with E-state index in [-0.39, 0.29) is 11.5 Å². The minimum Gasteiger partial charge on any atom is -0.406 e. The van der Waals surface area contributed by atoms with E-state index in [1.54, 1.807) is 6.07 Å². The van der Waals surface area contributed by atoms with Crippen molar-refractivity contribution < 1.29 is 22.1 Å². The van der Waals surface area contributed by atoms with E-state index in [1.807, 2.05) is 0 Å². The SMILES string of the molecule is Nc1cnccc1S(=O)Cc1ccc(OC(F)(F)F)cc1. The molecule has 2 N–H and O–H groups in total. The minimum absolute atomic E-state index is 0.139. The molecular formula is C13H11F3N2O2S. The van der Waals surface area contributed by atoms with Crippen LogP contribution in [0.4, 0.5) is 18.9 Å². The minimum atomic E-state index is -4.73. The first-order chi connectivity index (χ1) is 9.85. The van der Waals surface area contributed by atoms with E-state index in [9.17, 15) is 17.4 Å². The van der Waals surface area contributed by atoms with Crippen molar-refractivity contribution in [1.29, 1.82) is 0 Å². The molecule has 0 fully saturated rings. The van der Waals surface area contributed by atoms with Crippen molar-refractivity contribution in [2.45, 2.75) is 17.0 Å². The number of nitrogens with two attached hydrogens (primary N) is 1. The Balaban J connectivity index is 2.07. The predicted molar refractivity (Wildman–Crippen MR) is 71.9 cm³/mol. The number of alkyl halides is 3. The van der Waals surface area contributed by atoms with Crippen molar-refractivity contribution in [3.05, 3.63) is 48.3 Å². The number of ether oxygens (including phenoxy) is 1. The van der Waals surface area contributed by atoms with Crippen LogP contribution in [0.5, 0.6) is 5.75 Å². The fraction of sp³-hybridized carbons (Fsp3) is 0.154. The van der Waals surface area contributed by atoms with Crippen LogP contribution in [0.2, 0.25) is 0 Å². The lowest BCUT2D eigenvalue weighted by atomic mass is 10.2. The summed E-state index contributed by atoms with van der Waals surface area (Å²) in [6.45, 7) is 0. The van der Waals surface area contributed by atoms with Gasteiger partial charge in [0.15, 0.2) is 0 Å². The molecule has 1 aromatic heterocycles. The van der Waals surface area contributed by atoms with Gasteiger partial charge >= 0.3 is 6.36 Å². The number of pyridine rings is 1. The van der Waals surface area contributed by atoms with E-state index < -0.39 is 17.2 Å². The summed E-state index contributed by atoms with van der Waals surface area (Å²) < 4.78 is 52.0. The monoisotopic (exact) mass is 316 g/mol. The number of nitrogen functional groups attached to an aromatic ring is 1. The molecule has 0 aliphatic rings. The lowest BCUT2D eigenvalue weighted by Gasteiger charge is -2.09. The number of hydrogen-bond donors (Lipinski definition) is 1. The number of anilines is 1. The maximum absolute atomic E-state index is 12.1. The van der Waals surface area contributed by atoms with E-state index in [1.165, 1.54) is 36.7 Å². The fourth-order valence-electron chi connectivity index (χ4n) is 1.62. The van der Waals surface area contributed by atoms with Gasteiger partial charge in [-0.05, 0) is 23.8 Å². The molecule has 0 bridgehead atoms. The van der Waals surface area contributed by atoms with Gasteiger partial charge in [0, 0.05) is 6.20 Å². The topological polar surface area (TPSA) is 65.2 Å². The summed E-state index contributed by atoms with van der Waals surface area (Å²) in [4.78, 5) is 4.24. The first-order valence-corrected chi connectivity index (χ1v) is 7.09. The molecule has 1 aromatic carbocycles. The zero-order chi connectivity index (χ0) is 15.5. The first kappa shape index (κ1) is 15.3. The molecule has 0 aliphatic heterocycles. The van der Waals surface area contributed by atoms with Crippen LogP contribution >= 0.6 is 0 Å². The van der Waals surface area contributed by atoms with Gasteiger partial charge in [0.25, 0.3) is 0 Å². The van der Waals surface area contributed by atoms with Crippen LogP contribution < -0.4 is 10.5 Å². The number of aromatic nitrogens is 1. The third-order valence-electron chi connectivity index (χ3n) is 2.51. The van der Waals surface area contributed by atoms with Crippen molar-refractivity contribution in [1.82, 2.24) is 4.98 Å². The Bertz CT molecular complexity index is 645. The quantitative estimate of drug-likeness (QED) is 0.942. The second-order valence-corrected chi connectivity index (χ2v) is 5.51. The molecule has 1 atom stereocenters. The Kier molecular flexibility index (Phi) is 4.46. The van der Waals surface area contributed by atoms with Crippen LogP contribution in [-0.4, -0.2) is 15.6 Å². The number of nitrogens with zero attached hydrogens (tertiary/aromatic N) is 1. The zero-order valence-electron chi connectivity index (χ0n) is 10.6. The number of hydrogen-bond acceptors (Lipinski definition) is 4. The molecule has 0 saturated heterocycles. The Morgan fingerprint density at radius 2 is 1.86 bits per heavy atom. The molecule has 1 heterocycles. The highest BCUT2D eigenvalue weighted by molar-refractivity contribution is 7.84. The molecule has 112 valence electrons. The molecule has 21 heavy (non-hydrogen) atoms. The molecule has 0 radical (unpaired) electrons. The van der Waals surface area contributed by atoms with E-state index >= 15 is 0 Å². The van der Waals surface area contributed by atoms with Gasteiger partial charge < -0.3 is 10.5 Å². The van der Waals surface area contributed by atoms with Crippen LogP contribution in [-0.2, 0) is 16.6 Å². The molecule has 0 spiro atoms. The highest BCUT2D eigenvalue weighted by Gasteiger charge is 2.30.